The number of hydrogen-bond acceptors (Lipinski definition) is 5. The predicted octanol–water partition coefficient (Wildman–Crippen LogP) is 4.16. The van der Waals surface area contributed by atoms with Crippen LogP contribution < -0.4 is 0 Å². The monoisotopic (exact) mass is 454 g/mol. The van der Waals surface area contributed by atoms with Gasteiger partial charge >= 0.3 is 0 Å². The second-order valence-corrected chi connectivity index (χ2v) is 8.83. The van der Waals surface area contributed by atoms with Crippen LogP contribution in [0.3, 0.4) is 0 Å². The third-order valence-electron chi connectivity index (χ3n) is 4.09. The van der Waals surface area contributed by atoms with Gasteiger partial charge in [0.05, 0.1) is 10.2 Å². The van der Waals surface area contributed by atoms with E-state index in [-0.39, 0.29) is 5.16 Å². The highest BCUT2D eigenvalue weighted by atomic mass is 79.9. The highest BCUT2D eigenvalue weighted by Crippen LogP contribution is 2.37. The van der Waals surface area contributed by atoms with Gasteiger partial charge < -0.3 is 0 Å². The van der Waals surface area contributed by atoms with Crippen LogP contribution in [0, 0.1) is 0 Å². The van der Waals surface area contributed by atoms with E-state index in [4.69, 9.17) is 5.10 Å². The van der Waals surface area contributed by atoms with Crippen molar-refractivity contribution >= 4 is 25.8 Å². The number of halogens is 1. The Morgan fingerprint density at radius 1 is 0.893 bits per heavy atom. The molecule has 6 nitrogen and oxygen atoms in total. The summed E-state index contributed by atoms with van der Waals surface area (Å²) in [6.45, 7) is 0. The maximum atomic E-state index is 11.9. The molecule has 2 heterocycles. The van der Waals surface area contributed by atoms with Crippen LogP contribution in [0.2, 0.25) is 0 Å². The van der Waals surface area contributed by atoms with Gasteiger partial charge in [-0.2, -0.15) is 10.1 Å². The fourth-order valence-electron chi connectivity index (χ4n) is 2.82. The topological polar surface area (TPSA) is 77.7 Å². The van der Waals surface area contributed by atoms with E-state index in [9.17, 15) is 8.42 Å². The third-order valence-corrected chi connectivity index (χ3v) is 5.70. The molecule has 0 spiro atoms. The minimum Gasteiger partial charge on any atom is -0.227 e. The van der Waals surface area contributed by atoms with Gasteiger partial charge in [-0.3, -0.25) is 0 Å². The Bertz CT molecular complexity index is 1240. The van der Waals surface area contributed by atoms with Crippen LogP contribution in [-0.4, -0.2) is 34.4 Å². The van der Waals surface area contributed by atoms with Gasteiger partial charge in [-0.05, 0) is 15.9 Å². The molecule has 0 saturated heterocycles. The maximum Gasteiger partial charge on any atom is 0.248 e. The molecule has 140 valence electrons. The van der Waals surface area contributed by atoms with Crippen LogP contribution in [0.5, 0.6) is 0 Å². The lowest BCUT2D eigenvalue weighted by Gasteiger charge is -2.08. The number of aromatic nitrogens is 4. The van der Waals surface area contributed by atoms with Crippen molar-refractivity contribution in [3.05, 3.63) is 77.4 Å². The normalized spacial score (nSPS) is 11.5. The Labute approximate surface area is 171 Å². The highest BCUT2D eigenvalue weighted by molar-refractivity contribution is 9.10. The average Bonchev–Trinajstić information content (AvgIpc) is 3.06. The quantitative estimate of drug-likeness (QED) is 0.432. The maximum absolute atomic E-state index is 11.9. The third kappa shape index (κ3) is 3.48. The molecule has 4 rings (SSSR count). The first kappa shape index (κ1) is 18.5. The highest BCUT2D eigenvalue weighted by Gasteiger charge is 2.21. The fourth-order valence-corrected chi connectivity index (χ4v) is 4.04. The van der Waals surface area contributed by atoms with Gasteiger partial charge in [0.1, 0.15) is 5.69 Å². The lowest BCUT2D eigenvalue weighted by molar-refractivity contribution is 0.592. The Morgan fingerprint density at radius 2 is 1.50 bits per heavy atom. The minimum absolute atomic E-state index is 0.239. The summed E-state index contributed by atoms with van der Waals surface area (Å²) in [7, 11) is -3.54. The van der Waals surface area contributed by atoms with Crippen molar-refractivity contribution in [2.45, 2.75) is 5.16 Å². The van der Waals surface area contributed by atoms with Crippen molar-refractivity contribution in [1.29, 1.82) is 0 Å². The van der Waals surface area contributed by atoms with Crippen molar-refractivity contribution < 1.29 is 8.42 Å². The standard InChI is InChI=1S/C20H15BrN4O2S/c1-28(26,27)20-22-13-12-16(23-20)25-19(15-10-6-3-7-11-15)17(21)18(24-25)14-8-4-2-5-9-14/h2-13H,1H3. The summed E-state index contributed by atoms with van der Waals surface area (Å²) in [5, 5.41) is 4.50. The Morgan fingerprint density at radius 3 is 2.11 bits per heavy atom. The van der Waals surface area contributed by atoms with Crippen molar-refractivity contribution in [2.24, 2.45) is 0 Å². The molecule has 28 heavy (non-hydrogen) atoms. The van der Waals surface area contributed by atoms with E-state index >= 15 is 0 Å². The second kappa shape index (κ2) is 7.29. The van der Waals surface area contributed by atoms with Crippen LogP contribution in [0.15, 0.2) is 82.6 Å². The number of nitrogens with zero attached hydrogens (tertiary/aromatic N) is 4. The molecule has 0 aliphatic rings. The number of sulfone groups is 1. The summed E-state index contributed by atoms with van der Waals surface area (Å²) in [5.41, 5.74) is 3.36. The lowest BCUT2D eigenvalue weighted by atomic mass is 10.1. The van der Waals surface area contributed by atoms with Crippen molar-refractivity contribution in [3.8, 4) is 28.3 Å². The van der Waals surface area contributed by atoms with Crippen molar-refractivity contribution in [3.63, 3.8) is 0 Å². The Hall–Kier alpha value is -2.84. The molecule has 0 fully saturated rings. The lowest BCUT2D eigenvalue weighted by Crippen LogP contribution is -2.09. The minimum atomic E-state index is -3.54. The SMILES string of the molecule is CS(=O)(=O)c1nccc(-n2nc(-c3ccccc3)c(Br)c2-c2ccccc2)n1. The first-order valence-corrected chi connectivity index (χ1v) is 11.1. The molecule has 2 aromatic heterocycles. The Balaban J connectivity index is 1.99. The van der Waals surface area contributed by atoms with E-state index in [2.05, 4.69) is 25.9 Å². The molecular weight excluding hydrogens is 440 g/mol. The summed E-state index contributed by atoms with van der Waals surface area (Å²) in [4.78, 5) is 8.10. The van der Waals surface area contributed by atoms with Crippen LogP contribution in [0.1, 0.15) is 0 Å². The summed E-state index contributed by atoms with van der Waals surface area (Å²) in [5.74, 6) is 0.372. The summed E-state index contributed by atoms with van der Waals surface area (Å²) < 4.78 is 26.2. The summed E-state index contributed by atoms with van der Waals surface area (Å²) >= 11 is 3.69. The van der Waals surface area contributed by atoms with Gasteiger partial charge in [0.15, 0.2) is 5.82 Å². The van der Waals surface area contributed by atoms with E-state index in [0.29, 0.717) is 5.82 Å². The zero-order chi connectivity index (χ0) is 19.7. The van der Waals surface area contributed by atoms with E-state index in [0.717, 1.165) is 33.2 Å². The molecule has 0 N–H and O–H groups in total. The van der Waals surface area contributed by atoms with Gasteiger partial charge in [-0.15, -0.1) is 0 Å². The van der Waals surface area contributed by atoms with Crippen molar-refractivity contribution in [1.82, 2.24) is 19.7 Å². The molecule has 0 atom stereocenters. The summed E-state index contributed by atoms with van der Waals surface area (Å²) in [6.07, 6.45) is 2.50. The van der Waals surface area contributed by atoms with Crippen LogP contribution in [-0.2, 0) is 9.84 Å². The van der Waals surface area contributed by atoms with Crippen LogP contribution in [0.4, 0.5) is 0 Å². The number of hydrogen-bond donors (Lipinski definition) is 0. The smallest absolute Gasteiger partial charge is 0.227 e. The molecule has 0 bridgehead atoms. The average molecular weight is 455 g/mol. The molecule has 0 unspecified atom stereocenters. The molecule has 4 aromatic rings. The van der Waals surface area contributed by atoms with E-state index < -0.39 is 9.84 Å². The van der Waals surface area contributed by atoms with E-state index in [1.165, 1.54) is 6.20 Å². The van der Waals surface area contributed by atoms with Gasteiger partial charge in [0.25, 0.3) is 0 Å². The largest absolute Gasteiger partial charge is 0.248 e. The molecule has 0 saturated carbocycles. The van der Waals surface area contributed by atoms with Gasteiger partial charge in [0, 0.05) is 29.6 Å². The molecule has 0 radical (unpaired) electrons. The van der Waals surface area contributed by atoms with Crippen LogP contribution >= 0.6 is 15.9 Å². The molecule has 0 amide bonds. The van der Waals surface area contributed by atoms with E-state index in [1.807, 2.05) is 60.7 Å². The molecular formula is C20H15BrN4O2S. The van der Waals surface area contributed by atoms with Crippen molar-refractivity contribution in [2.75, 3.05) is 6.26 Å². The molecule has 0 aliphatic heterocycles. The Kier molecular flexibility index (Phi) is 4.82. The predicted molar refractivity (Wildman–Crippen MR) is 111 cm³/mol. The van der Waals surface area contributed by atoms with Gasteiger partial charge in [-0.25, -0.2) is 18.1 Å². The second-order valence-electron chi connectivity index (χ2n) is 6.12. The molecule has 2 aromatic carbocycles. The molecule has 8 heteroatoms. The zero-order valence-electron chi connectivity index (χ0n) is 14.8. The first-order valence-electron chi connectivity index (χ1n) is 8.38. The number of rotatable bonds is 4. The van der Waals surface area contributed by atoms with Gasteiger partial charge in [-0.1, -0.05) is 60.7 Å². The van der Waals surface area contributed by atoms with E-state index in [1.54, 1.807) is 10.7 Å². The number of benzene rings is 2. The zero-order valence-corrected chi connectivity index (χ0v) is 17.2. The summed E-state index contributed by atoms with van der Waals surface area (Å²) in [6, 6.07) is 21.1. The van der Waals surface area contributed by atoms with Crippen LogP contribution in [0.25, 0.3) is 28.3 Å². The molecule has 0 aliphatic carbocycles. The van der Waals surface area contributed by atoms with Gasteiger partial charge in [0.2, 0.25) is 15.0 Å². The first-order chi connectivity index (χ1) is 13.4. The fraction of sp³-hybridized carbons (Fsp3) is 0.0500.